The molecular formula is C14H14ClF5N4O2S. The minimum Gasteiger partial charge on any atom is -0.377 e. The fraction of sp³-hybridized carbons (Fsp3) is 0.643. The highest BCUT2D eigenvalue weighted by Crippen LogP contribution is 2.35. The Morgan fingerprint density at radius 1 is 1.33 bits per heavy atom. The molecule has 0 bridgehead atoms. The molecule has 0 saturated carbocycles. The molecule has 2 aromatic rings. The molecule has 1 aliphatic rings. The first kappa shape index (κ1) is 20.4. The Kier molecular flexibility index (Phi) is 5.45. The fourth-order valence-corrected chi connectivity index (χ4v) is 4.07. The Hall–Kier alpha value is -1.37. The Morgan fingerprint density at radius 2 is 2.04 bits per heavy atom. The van der Waals surface area contributed by atoms with E-state index in [9.17, 15) is 26.7 Å². The van der Waals surface area contributed by atoms with Crippen LogP contribution in [0.3, 0.4) is 0 Å². The van der Waals surface area contributed by atoms with Crippen LogP contribution in [0.4, 0.5) is 22.0 Å². The van der Waals surface area contributed by atoms with Crippen LogP contribution in [0.5, 0.6) is 0 Å². The smallest absolute Gasteiger partial charge is 0.377 e. The first-order valence-electron chi connectivity index (χ1n) is 7.73. The third kappa shape index (κ3) is 4.55. The second kappa shape index (κ2) is 7.22. The van der Waals surface area contributed by atoms with Crippen LogP contribution in [0.1, 0.15) is 22.8 Å². The van der Waals surface area contributed by atoms with Gasteiger partial charge in [0.05, 0.1) is 18.8 Å². The van der Waals surface area contributed by atoms with Crippen molar-refractivity contribution in [1.29, 1.82) is 0 Å². The summed E-state index contributed by atoms with van der Waals surface area (Å²) in [6.45, 7) is -0.538. The van der Waals surface area contributed by atoms with Crippen LogP contribution in [0.25, 0.3) is 4.96 Å². The number of nitrogens with zero attached hydrogens (tertiary/aromatic N) is 4. The monoisotopic (exact) mass is 432 g/mol. The van der Waals surface area contributed by atoms with Crippen molar-refractivity contribution in [1.82, 2.24) is 19.5 Å². The third-order valence-electron chi connectivity index (χ3n) is 4.04. The van der Waals surface area contributed by atoms with Crippen molar-refractivity contribution >= 4 is 33.7 Å². The lowest BCUT2D eigenvalue weighted by molar-refractivity contribution is -0.141. The minimum atomic E-state index is -4.71. The normalized spacial score (nSPS) is 19.5. The molecule has 27 heavy (non-hydrogen) atoms. The van der Waals surface area contributed by atoms with Gasteiger partial charge in [0.25, 0.3) is 0 Å². The molecule has 3 rings (SSSR count). The predicted molar refractivity (Wildman–Crippen MR) is 85.8 cm³/mol. The zero-order chi connectivity index (χ0) is 20.0. The molecule has 0 N–H and O–H groups in total. The second-order valence-electron chi connectivity index (χ2n) is 6.18. The quantitative estimate of drug-likeness (QED) is 0.518. The van der Waals surface area contributed by atoms with E-state index in [4.69, 9.17) is 16.3 Å². The molecule has 2 aromatic heterocycles. The standard InChI is InChI=1S/C14H14ClF5N4O2S/c1-26-6-10-22-24-8(11(14(18,19)20)21-12(24)27-10)4-23-3-7(9(25)5-23)2-13(15,16)17/h7H,2-6H2,1H3/t7-/m1/s1. The van der Waals surface area contributed by atoms with Gasteiger partial charge in [-0.3, -0.25) is 9.69 Å². The van der Waals surface area contributed by atoms with Crippen molar-refractivity contribution in [3.63, 3.8) is 0 Å². The van der Waals surface area contributed by atoms with Gasteiger partial charge in [0.1, 0.15) is 5.01 Å². The number of fused-ring (bicyclic) bond motifs is 1. The van der Waals surface area contributed by atoms with Gasteiger partial charge in [-0.15, -0.1) is 0 Å². The van der Waals surface area contributed by atoms with E-state index in [0.717, 1.165) is 15.9 Å². The molecule has 1 fully saturated rings. The highest BCUT2D eigenvalue weighted by atomic mass is 35.5. The van der Waals surface area contributed by atoms with Gasteiger partial charge < -0.3 is 4.74 Å². The zero-order valence-electron chi connectivity index (χ0n) is 13.9. The number of imidazole rings is 1. The lowest BCUT2D eigenvalue weighted by Crippen LogP contribution is -2.24. The number of ketones is 1. The van der Waals surface area contributed by atoms with E-state index in [0.29, 0.717) is 5.01 Å². The largest absolute Gasteiger partial charge is 0.435 e. The summed E-state index contributed by atoms with van der Waals surface area (Å²) in [5.41, 5.74) is -1.36. The van der Waals surface area contributed by atoms with Crippen LogP contribution in [0, 0.1) is 5.92 Å². The van der Waals surface area contributed by atoms with Crippen LogP contribution in [-0.4, -0.2) is 50.9 Å². The van der Waals surface area contributed by atoms with Gasteiger partial charge in [0, 0.05) is 32.5 Å². The van der Waals surface area contributed by atoms with Crippen molar-refractivity contribution in [2.45, 2.75) is 31.1 Å². The number of methoxy groups -OCH3 is 1. The van der Waals surface area contributed by atoms with Crippen molar-refractivity contribution in [3.05, 3.63) is 16.4 Å². The average molecular weight is 433 g/mol. The fourth-order valence-electron chi connectivity index (χ4n) is 3.00. The molecular weight excluding hydrogens is 419 g/mol. The van der Waals surface area contributed by atoms with E-state index in [1.807, 2.05) is 0 Å². The highest BCUT2D eigenvalue weighted by Gasteiger charge is 2.42. The topological polar surface area (TPSA) is 59.7 Å². The molecule has 0 aromatic carbocycles. The van der Waals surface area contributed by atoms with E-state index in [-0.39, 0.29) is 36.9 Å². The molecule has 1 aliphatic heterocycles. The molecule has 0 amide bonds. The Balaban J connectivity index is 1.88. The van der Waals surface area contributed by atoms with E-state index >= 15 is 0 Å². The number of alkyl halides is 6. The van der Waals surface area contributed by atoms with Crippen LogP contribution in [0.2, 0.25) is 0 Å². The summed E-state index contributed by atoms with van der Waals surface area (Å²) >= 11 is 5.83. The Bertz CT molecular complexity index is 847. The van der Waals surface area contributed by atoms with Gasteiger partial charge in [0.15, 0.2) is 11.5 Å². The van der Waals surface area contributed by atoms with Gasteiger partial charge >= 0.3 is 11.6 Å². The summed E-state index contributed by atoms with van der Waals surface area (Å²) in [4.78, 5) is 16.9. The van der Waals surface area contributed by atoms with Crippen molar-refractivity contribution in [3.8, 4) is 0 Å². The number of ether oxygens (including phenoxy) is 1. The lowest BCUT2D eigenvalue weighted by atomic mass is 10.0. The molecule has 150 valence electrons. The molecule has 0 unspecified atom stereocenters. The first-order chi connectivity index (χ1) is 12.5. The molecule has 1 atom stereocenters. The van der Waals surface area contributed by atoms with Crippen LogP contribution < -0.4 is 0 Å². The molecule has 0 radical (unpaired) electrons. The number of aromatic nitrogens is 3. The zero-order valence-corrected chi connectivity index (χ0v) is 15.5. The lowest BCUT2D eigenvalue weighted by Gasteiger charge is -2.16. The van der Waals surface area contributed by atoms with Gasteiger partial charge in [-0.25, -0.2) is 9.50 Å². The third-order valence-corrected chi connectivity index (χ3v) is 5.08. The number of likely N-dealkylation sites (tertiary alicyclic amines) is 1. The van der Waals surface area contributed by atoms with Gasteiger partial charge in [-0.2, -0.15) is 27.1 Å². The maximum absolute atomic E-state index is 13.3. The van der Waals surface area contributed by atoms with Crippen LogP contribution in [0.15, 0.2) is 0 Å². The van der Waals surface area contributed by atoms with Crippen molar-refractivity contribution in [2.75, 3.05) is 20.2 Å². The second-order valence-corrected chi connectivity index (χ2v) is 7.77. The van der Waals surface area contributed by atoms with E-state index < -0.39 is 35.4 Å². The SMILES string of the molecule is COCc1nn2c(CN3CC(=O)[C@H](CC(F)(F)Cl)C3)c(C(F)(F)F)nc2s1. The molecule has 3 heterocycles. The van der Waals surface area contributed by atoms with Gasteiger partial charge in [-0.1, -0.05) is 11.3 Å². The van der Waals surface area contributed by atoms with E-state index in [1.54, 1.807) is 0 Å². The molecule has 0 aliphatic carbocycles. The first-order valence-corrected chi connectivity index (χ1v) is 8.92. The molecule has 0 spiro atoms. The number of hydrogen-bond acceptors (Lipinski definition) is 6. The highest BCUT2D eigenvalue weighted by molar-refractivity contribution is 7.16. The van der Waals surface area contributed by atoms with E-state index in [1.165, 1.54) is 12.0 Å². The van der Waals surface area contributed by atoms with E-state index in [2.05, 4.69) is 10.1 Å². The minimum absolute atomic E-state index is 0.0405. The van der Waals surface area contributed by atoms with Crippen LogP contribution in [-0.2, 0) is 28.9 Å². The number of carbonyl (C=O) groups excluding carboxylic acids is 1. The number of rotatable bonds is 6. The summed E-state index contributed by atoms with van der Waals surface area (Å²) in [5, 5.41) is 0.968. The van der Waals surface area contributed by atoms with Crippen LogP contribution >= 0.6 is 22.9 Å². The summed E-state index contributed by atoms with van der Waals surface area (Å²) in [6, 6.07) is 0. The maximum atomic E-state index is 13.3. The summed E-state index contributed by atoms with van der Waals surface area (Å²) in [6.07, 6.45) is -5.57. The Labute approximate surface area is 158 Å². The summed E-state index contributed by atoms with van der Waals surface area (Å²) in [5.74, 6) is -1.52. The van der Waals surface area contributed by atoms with Gasteiger partial charge in [-0.05, 0) is 11.6 Å². The van der Waals surface area contributed by atoms with Gasteiger partial charge in [0.2, 0.25) is 4.96 Å². The maximum Gasteiger partial charge on any atom is 0.435 e. The summed E-state index contributed by atoms with van der Waals surface area (Å²) in [7, 11) is 1.43. The van der Waals surface area contributed by atoms with Crippen molar-refractivity contribution in [2.24, 2.45) is 5.92 Å². The number of halogens is 6. The predicted octanol–water partition coefficient (Wildman–Crippen LogP) is 3.18. The van der Waals surface area contributed by atoms with Crippen molar-refractivity contribution < 1.29 is 31.5 Å². The number of carbonyl (C=O) groups is 1. The Morgan fingerprint density at radius 3 is 2.63 bits per heavy atom. The number of Topliss-reactive ketones (excluding diaryl/α,β-unsaturated/α-hetero) is 1. The average Bonchev–Trinajstić information content (AvgIpc) is 3.13. The molecule has 6 nitrogen and oxygen atoms in total. The molecule has 1 saturated heterocycles. The molecule has 13 heteroatoms. The number of hydrogen-bond donors (Lipinski definition) is 0. The summed E-state index contributed by atoms with van der Waals surface area (Å²) < 4.78 is 71.9.